The summed E-state index contributed by atoms with van der Waals surface area (Å²) in [5.74, 6) is 0. The highest BCUT2D eigenvalue weighted by molar-refractivity contribution is 7.89. The van der Waals surface area contributed by atoms with Crippen molar-refractivity contribution < 1.29 is 21.6 Å². The highest BCUT2D eigenvalue weighted by Crippen LogP contribution is 2.26. The maximum absolute atomic E-state index is 12.3. The Morgan fingerprint density at radius 2 is 2.00 bits per heavy atom. The number of sulfonamides is 1. The van der Waals surface area contributed by atoms with Crippen molar-refractivity contribution in [1.29, 1.82) is 0 Å². The van der Waals surface area contributed by atoms with E-state index in [-0.39, 0.29) is 10.9 Å². The SMILES string of the molecule is CC(C)NCc1sccc1S(=O)(=O)N(C)CCC(F)(F)F. The predicted molar refractivity (Wildman–Crippen MR) is 76.8 cm³/mol. The van der Waals surface area contributed by atoms with Gasteiger partial charge in [-0.1, -0.05) is 13.8 Å². The molecule has 1 aromatic rings. The summed E-state index contributed by atoms with van der Waals surface area (Å²) in [6, 6.07) is 1.62. The molecule has 0 radical (unpaired) electrons. The van der Waals surface area contributed by atoms with Crippen LogP contribution in [0.3, 0.4) is 0 Å². The fraction of sp³-hybridized carbons (Fsp3) is 0.667. The molecule has 1 N–H and O–H groups in total. The van der Waals surface area contributed by atoms with Crippen molar-refractivity contribution in [2.24, 2.45) is 0 Å². The number of nitrogens with one attached hydrogen (secondary N) is 1. The number of nitrogens with zero attached hydrogens (tertiary/aromatic N) is 1. The summed E-state index contributed by atoms with van der Waals surface area (Å²) >= 11 is 1.27. The van der Waals surface area contributed by atoms with E-state index in [4.69, 9.17) is 0 Å². The van der Waals surface area contributed by atoms with Gasteiger partial charge in [0.2, 0.25) is 10.0 Å². The van der Waals surface area contributed by atoms with E-state index in [0.29, 0.717) is 11.4 Å². The summed E-state index contributed by atoms with van der Waals surface area (Å²) in [4.78, 5) is 0.674. The third-order valence-corrected chi connectivity index (χ3v) is 5.77. The Morgan fingerprint density at radius 1 is 1.38 bits per heavy atom. The van der Waals surface area contributed by atoms with E-state index in [2.05, 4.69) is 5.32 Å². The van der Waals surface area contributed by atoms with Gasteiger partial charge in [0.05, 0.1) is 11.3 Å². The number of alkyl halides is 3. The number of hydrogen-bond donors (Lipinski definition) is 1. The van der Waals surface area contributed by atoms with Crippen molar-refractivity contribution in [3.8, 4) is 0 Å². The van der Waals surface area contributed by atoms with E-state index in [1.54, 1.807) is 5.38 Å². The minimum atomic E-state index is -4.37. The molecule has 122 valence electrons. The van der Waals surface area contributed by atoms with Crippen molar-refractivity contribution in [3.05, 3.63) is 16.3 Å². The van der Waals surface area contributed by atoms with Gasteiger partial charge in [0.1, 0.15) is 0 Å². The topological polar surface area (TPSA) is 49.4 Å². The van der Waals surface area contributed by atoms with E-state index in [9.17, 15) is 21.6 Å². The van der Waals surface area contributed by atoms with Crippen molar-refractivity contribution >= 4 is 21.4 Å². The zero-order valence-electron chi connectivity index (χ0n) is 12.1. The van der Waals surface area contributed by atoms with Gasteiger partial charge in [-0.05, 0) is 11.4 Å². The van der Waals surface area contributed by atoms with Crippen LogP contribution in [0.25, 0.3) is 0 Å². The molecule has 0 fully saturated rings. The first-order valence-corrected chi connectivity index (χ1v) is 8.69. The quantitative estimate of drug-likeness (QED) is 0.827. The fourth-order valence-electron chi connectivity index (χ4n) is 1.56. The zero-order valence-corrected chi connectivity index (χ0v) is 13.7. The van der Waals surface area contributed by atoms with Crippen LogP contribution in [0.4, 0.5) is 13.2 Å². The van der Waals surface area contributed by atoms with Crippen LogP contribution in [0.1, 0.15) is 25.1 Å². The van der Waals surface area contributed by atoms with Gasteiger partial charge in [0.25, 0.3) is 0 Å². The van der Waals surface area contributed by atoms with Crippen LogP contribution in [-0.2, 0) is 16.6 Å². The maximum Gasteiger partial charge on any atom is 0.390 e. The first kappa shape index (κ1) is 18.4. The second-order valence-corrected chi connectivity index (χ2v) is 7.95. The average molecular weight is 344 g/mol. The zero-order chi connectivity index (χ0) is 16.3. The van der Waals surface area contributed by atoms with Crippen molar-refractivity contribution in [1.82, 2.24) is 9.62 Å². The van der Waals surface area contributed by atoms with Gasteiger partial charge in [-0.2, -0.15) is 13.2 Å². The standard InChI is InChI=1S/C12H19F3N2O2S2/c1-9(2)16-8-10-11(4-7-20-10)21(18,19)17(3)6-5-12(13,14)15/h4,7,9,16H,5-6,8H2,1-3H3. The van der Waals surface area contributed by atoms with Gasteiger partial charge in [0, 0.05) is 31.1 Å². The van der Waals surface area contributed by atoms with E-state index < -0.39 is 29.2 Å². The molecule has 0 aliphatic heterocycles. The van der Waals surface area contributed by atoms with E-state index in [0.717, 1.165) is 4.31 Å². The van der Waals surface area contributed by atoms with Crippen LogP contribution in [-0.4, -0.2) is 38.5 Å². The lowest BCUT2D eigenvalue weighted by atomic mass is 10.4. The minimum absolute atomic E-state index is 0.0744. The highest BCUT2D eigenvalue weighted by Gasteiger charge is 2.31. The molecule has 4 nitrogen and oxygen atoms in total. The van der Waals surface area contributed by atoms with Gasteiger partial charge >= 0.3 is 6.18 Å². The smallest absolute Gasteiger partial charge is 0.310 e. The predicted octanol–water partition coefficient (Wildman–Crippen LogP) is 2.82. The molecule has 1 aromatic heterocycles. The second-order valence-electron chi connectivity index (χ2n) is 4.94. The first-order chi connectivity index (χ1) is 9.54. The Balaban J connectivity index is 2.85. The van der Waals surface area contributed by atoms with Gasteiger partial charge in [-0.3, -0.25) is 0 Å². The molecule has 9 heteroatoms. The molecule has 21 heavy (non-hydrogen) atoms. The Labute approximate surface area is 127 Å². The normalized spacial score (nSPS) is 13.3. The number of thiophene rings is 1. The van der Waals surface area contributed by atoms with Crippen LogP contribution in [0, 0.1) is 0 Å². The molecular weight excluding hydrogens is 325 g/mol. The summed E-state index contributed by atoms with van der Waals surface area (Å²) < 4.78 is 62.0. The number of hydrogen-bond acceptors (Lipinski definition) is 4. The molecule has 0 aliphatic rings. The molecule has 0 amide bonds. The average Bonchev–Trinajstić information content (AvgIpc) is 2.81. The van der Waals surface area contributed by atoms with Crippen molar-refractivity contribution in [2.45, 2.75) is 43.9 Å². The molecule has 0 unspecified atom stereocenters. The Morgan fingerprint density at radius 3 is 2.52 bits per heavy atom. The molecule has 0 saturated carbocycles. The lowest BCUT2D eigenvalue weighted by molar-refractivity contribution is -0.135. The summed E-state index contributed by atoms with van der Waals surface area (Å²) in [6.07, 6.45) is -5.53. The molecule has 1 heterocycles. The molecule has 0 aliphatic carbocycles. The van der Waals surface area contributed by atoms with Crippen molar-refractivity contribution in [3.63, 3.8) is 0 Å². The molecule has 1 rings (SSSR count). The lowest BCUT2D eigenvalue weighted by Crippen LogP contribution is -2.31. The Hall–Kier alpha value is -0.640. The molecule has 0 spiro atoms. The molecule has 0 aromatic carbocycles. The monoisotopic (exact) mass is 344 g/mol. The number of rotatable bonds is 7. The van der Waals surface area contributed by atoms with Gasteiger partial charge < -0.3 is 5.32 Å². The summed E-state index contributed by atoms with van der Waals surface area (Å²) in [6.45, 7) is 3.64. The first-order valence-electron chi connectivity index (χ1n) is 6.37. The van der Waals surface area contributed by atoms with E-state index in [1.165, 1.54) is 24.5 Å². The largest absolute Gasteiger partial charge is 0.390 e. The molecule has 0 bridgehead atoms. The van der Waals surface area contributed by atoms with Crippen LogP contribution in [0.15, 0.2) is 16.3 Å². The Kier molecular flexibility index (Phi) is 6.21. The van der Waals surface area contributed by atoms with Gasteiger partial charge in [0.15, 0.2) is 0 Å². The minimum Gasteiger partial charge on any atom is -0.310 e. The van der Waals surface area contributed by atoms with Crippen LogP contribution in [0.5, 0.6) is 0 Å². The Bertz CT molecular complexity index is 553. The molecule has 0 atom stereocenters. The van der Waals surface area contributed by atoms with Crippen LogP contribution in [0.2, 0.25) is 0 Å². The summed E-state index contributed by atoms with van der Waals surface area (Å²) in [5, 5.41) is 4.73. The van der Waals surface area contributed by atoms with E-state index >= 15 is 0 Å². The number of halogens is 3. The van der Waals surface area contributed by atoms with Crippen LogP contribution < -0.4 is 5.32 Å². The molecule has 0 saturated heterocycles. The third-order valence-electron chi connectivity index (χ3n) is 2.77. The second kappa shape index (κ2) is 7.08. The lowest BCUT2D eigenvalue weighted by Gasteiger charge is -2.18. The highest BCUT2D eigenvalue weighted by atomic mass is 32.2. The summed E-state index contributed by atoms with van der Waals surface area (Å²) in [5.41, 5.74) is 0. The van der Waals surface area contributed by atoms with Crippen molar-refractivity contribution in [2.75, 3.05) is 13.6 Å². The van der Waals surface area contributed by atoms with Gasteiger partial charge in [-0.25, -0.2) is 12.7 Å². The third kappa shape index (κ3) is 5.57. The van der Waals surface area contributed by atoms with E-state index in [1.807, 2.05) is 13.8 Å². The van der Waals surface area contributed by atoms with Crippen LogP contribution >= 0.6 is 11.3 Å². The molecular formula is C12H19F3N2O2S2. The summed E-state index contributed by atoms with van der Waals surface area (Å²) in [7, 11) is -2.73. The van der Waals surface area contributed by atoms with Gasteiger partial charge in [-0.15, -0.1) is 11.3 Å². The fourth-order valence-corrected chi connectivity index (χ4v) is 4.09. The maximum atomic E-state index is 12.3.